The average molecular weight is 273 g/mol. The summed E-state index contributed by atoms with van der Waals surface area (Å²) in [6, 6.07) is 5.03. The third-order valence-corrected chi connectivity index (χ3v) is 3.22. The summed E-state index contributed by atoms with van der Waals surface area (Å²) in [5.74, 6) is -1.61. The van der Waals surface area contributed by atoms with E-state index in [4.69, 9.17) is 9.84 Å². The molecular formula is C10H11NO6S. The van der Waals surface area contributed by atoms with E-state index < -0.39 is 28.5 Å². The molecule has 7 nitrogen and oxygen atoms in total. The molecule has 0 heterocycles. The first kappa shape index (κ1) is 14.0. The first-order valence-electron chi connectivity index (χ1n) is 4.79. The molecule has 18 heavy (non-hydrogen) atoms. The van der Waals surface area contributed by atoms with Crippen molar-refractivity contribution in [3.8, 4) is 5.75 Å². The summed E-state index contributed by atoms with van der Waals surface area (Å²) >= 11 is 0. The van der Waals surface area contributed by atoms with Crippen LogP contribution < -0.4 is 9.46 Å². The van der Waals surface area contributed by atoms with E-state index >= 15 is 0 Å². The van der Waals surface area contributed by atoms with Gasteiger partial charge in [-0.2, -0.15) is 0 Å². The van der Waals surface area contributed by atoms with Gasteiger partial charge in [0.15, 0.2) is 6.61 Å². The molecule has 1 rings (SSSR count). The lowest BCUT2D eigenvalue weighted by Gasteiger charge is -2.06. The van der Waals surface area contributed by atoms with Crippen LogP contribution in [0.25, 0.3) is 0 Å². The number of sulfonamides is 1. The number of aliphatic carboxylic acids is 1. The van der Waals surface area contributed by atoms with E-state index in [0.717, 1.165) is 6.92 Å². The van der Waals surface area contributed by atoms with Crippen molar-refractivity contribution in [2.45, 2.75) is 11.8 Å². The largest absolute Gasteiger partial charge is 0.482 e. The van der Waals surface area contributed by atoms with E-state index in [2.05, 4.69) is 0 Å². The highest BCUT2D eigenvalue weighted by atomic mass is 32.2. The van der Waals surface area contributed by atoms with Gasteiger partial charge in [0.25, 0.3) is 10.0 Å². The van der Waals surface area contributed by atoms with Crippen LogP contribution in [0, 0.1) is 0 Å². The normalized spacial score (nSPS) is 10.7. The Labute approximate surface area is 103 Å². The minimum Gasteiger partial charge on any atom is -0.482 e. The van der Waals surface area contributed by atoms with Crippen molar-refractivity contribution in [3.05, 3.63) is 24.3 Å². The number of carbonyl (C=O) groups is 2. The van der Waals surface area contributed by atoms with Crippen LogP contribution in [-0.4, -0.2) is 32.0 Å². The van der Waals surface area contributed by atoms with Crippen molar-refractivity contribution < 1.29 is 27.9 Å². The van der Waals surface area contributed by atoms with Crippen molar-refractivity contribution in [2.24, 2.45) is 0 Å². The average Bonchev–Trinajstić information content (AvgIpc) is 2.25. The van der Waals surface area contributed by atoms with Gasteiger partial charge in [-0.05, 0) is 24.3 Å². The second kappa shape index (κ2) is 5.50. The summed E-state index contributed by atoms with van der Waals surface area (Å²) < 4.78 is 29.7. The Hall–Kier alpha value is -2.09. The van der Waals surface area contributed by atoms with Crippen LogP contribution in [0.5, 0.6) is 5.75 Å². The van der Waals surface area contributed by atoms with Crippen LogP contribution in [0.2, 0.25) is 0 Å². The predicted octanol–water partition coefficient (Wildman–Crippen LogP) is -0.0252. The van der Waals surface area contributed by atoms with Gasteiger partial charge in [-0.1, -0.05) is 0 Å². The fraction of sp³-hybridized carbons (Fsp3) is 0.200. The first-order valence-corrected chi connectivity index (χ1v) is 6.27. The Balaban J connectivity index is 2.82. The number of hydrogen-bond acceptors (Lipinski definition) is 5. The number of carboxylic acid groups (broad SMARTS) is 1. The molecule has 98 valence electrons. The highest BCUT2D eigenvalue weighted by Crippen LogP contribution is 2.15. The third-order valence-electron chi connectivity index (χ3n) is 1.77. The minimum atomic E-state index is -3.88. The van der Waals surface area contributed by atoms with Gasteiger partial charge in [-0.3, -0.25) is 4.79 Å². The molecule has 8 heteroatoms. The Morgan fingerprint density at radius 1 is 1.28 bits per heavy atom. The molecule has 0 aromatic heterocycles. The zero-order valence-corrected chi connectivity index (χ0v) is 10.2. The number of carboxylic acids is 1. The minimum absolute atomic E-state index is 0.111. The molecule has 0 saturated heterocycles. The molecule has 0 radical (unpaired) electrons. The van der Waals surface area contributed by atoms with Crippen molar-refractivity contribution in [2.75, 3.05) is 6.61 Å². The summed E-state index contributed by atoms with van der Waals surface area (Å²) in [5, 5.41) is 8.39. The van der Waals surface area contributed by atoms with Crippen LogP contribution in [0.3, 0.4) is 0 Å². The molecular weight excluding hydrogens is 262 g/mol. The van der Waals surface area contributed by atoms with Gasteiger partial charge in [-0.15, -0.1) is 0 Å². The van der Waals surface area contributed by atoms with E-state index in [1.54, 1.807) is 4.72 Å². The number of amides is 1. The fourth-order valence-corrected chi connectivity index (χ4v) is 2.10. The molecule has 0 unspecified atom stereocenters. The molecule has 0 spiro atoms. The molecule has 0 saturated carbocycles. The summed E-state index contributed by atoms with van der Waals surface area (Å²) in [7, 11) is -3.88. The number of rotatable bonds is 5. The SMILES string of the molecule is CC(=O)NS(=O)(=O)c1ccc(OCC(=O)O)cc1. The van der Waals surface area contributed by atoms with E-state index in [-0.39, 0.29) is 10.6 Å². The zero-order valence-electron chi connectivity index (χ0n) is 9.41. The van der Waals surface area contributed by atoms with Gasteiger partial charge in [0.1, 0.15) is 5.75 Å². The molecule has 0 aliphatic carbocycles. The van der Waals surface area contributed by atoms with Crippen LogP contribution >= 0.6 is 0 Å². The van der Waals surface area contributed by atoms with Crippen LogP contribution in [0.1, 0.15) is 6.92 Å². The van der Waals surface area contributed by atoms with Gasteiger partial charge in [-0.25, -0.2) is 17.9 Å². The Bertz CT molecular complexity index is 548. The van der Waals surface area contributed by atoms with Crippen molar-refractivity contribution >= 4 is 21.9 Å². The maximum atomic E-state index is 11.6. The zero-order chi connectivity index (χ0) is 13.8. The van der Waals surface area contributed by atoms with Gasteiger partial charge in [0.2, 0.25) is 5.91 Å². The maximum absolute atomic E-state index is 11.6. The van der Waals surface area contributed by atoms with Crippen molar-refractivity contribution in [1.29, 1.82) is 0 Å². The number of carbonyl (C=O) groups excluding carboxylic acids is 1. The number of nitrogens with one attached hydrogen (secondary N) is 1. The number of ether oxygens (including phenoxy) is 1. The van der Waals surface area contributed by atoms with E-state index in [0.29, 0.717) is 0 Å². The quantitative estimate of drug-likeness (QED) is 0.779. The molecule has 0 bridgehead atoms. The fourth-order valence-electron chi connectivity index (χ4n) is 1.11. The molecule has 0 aliphatic heterocycles. The summed E-state index contributed by atoms with van der Waals surface area (Å²) in [6.07, 6.45) is 0. The molecule has 1 amide bonds. The lowest BCUT2D eigenvalue weighted by molar-refractivity contribution is -0.139. The van der Waals surface area contributed by atoms with Crippen molar-refractivity contribution in [1.82, 2.24) is 4.72 Å². The summed E-state index contributed by atoms with van der Waals surface area (Å²) in [6.45, 7) is 0.569. The monoisotopic (exact) mass is 273 g/mol. The highest BCUT2D eigenvalue weighted by molar-refractivity contribution is 7.90. The first-order chi connectivity index (χ1) is 8.31. The third kappa shape index (κ3) is 4.06. The Morgan fingerprint density at radius 2 is 1.83 bits per heavy atom. The number of benzene rings is 1. The highest BCUT2D eigenvalue weighted by Gasteiger charge is 2.15. The van der Waals surface area contributed by atoms with E-state index in [1.807, 2.05) is 0 Å². The molecule has 2 N–H and O–H groups in total. The van der Waals surface area contributed by atoms with Gasteiger partial charge < -0.3 is 9.84 Å². The molecule has 0 fully saturated rings. The lowest BCUT2D eigenvalue weighted by atomic mass is 10.3. The number of hydrogen-bond donors (Lipinski definition) is 2. The van der Waals surface area contributed by atoms with Crippen molar-refractivity contribution in [3.63, 3.8) is 0 Å². The van der Waals surface area contributed by atoms with Crippen LogP contribution in [0.15, 0.2) is 29.2 Å². The molecule has 1 aromatic rings. The molecule has 0 atom stereocenters. The van der Waals surface area contributed by atoms with Gasteiger partial charge in [0.05, 0.1) is 4.90 Å². The van der Waals surface area contributed by atoms with Crippen LogP contribution in [-0.2, 0) is 19.6 Å². The molecule has 1 aromatic carbocycles. The smallest absolute Gasteiger partial charge is 0.341 e. The Morgan fingerprint density at radius 3 is 2.28 bits per heavy atom. The topological polar surface area (TPSA) is 110 Å². The molecule has 0 aliphatic rings. The second-order valence-corrected chi connectivity index (χ2v) is 5.00. The standard InChI is InChI=1S/C10H11NO6S/c1-7(12)11-18(15,16)9-4-2-8(3-5-9)17-6-10(13)14/h2-5H,6H2,1H3,(H,11,12)(H,13,14). The van der Waals surface area contributed by atoms with Gasteiger partial charge in [0, 0.05) is 6.92 Å². The lowest BCUT2D eigenvalue weighted by Crippen LogP contribution is -2.28. The maximum Gasteiger partial charge on any atom is 0.341 e. The second-order valence-electron chi connectivity index (χ2n) is 3.32. The van der Waals surface area contributed by atoms with Gasteiger partial charge >= 0.3 is 5.97 Å². The summed E-state index contributed by atoms with van der Waals surface area (Å²) in [5.41, 5.74) is 0. The van der Waals surface area contributed by atoms with E-state index in [9.17, 15) is 18.0 Å². The van der Waals surface area contributed by atoms with E-state index in [1.165, 1.54) is 24.3 Å². The summed E-state index contributed by atoms with van der Waals surface area (Å²) in [4.78, 5) is 20.8. The Kier molecular flexibility index (Phi) is 4.27. The predicted molar refractivity (Wildman–Crippen MR) is 60.6 cm³/mol. The van der Waals surface area contributed by atoms with Crippen LogP contribution in [0.4, 0.5) is 0 Å².